The van der Waals surface area contributed by atoms with E-state index < -0.39 is 5.82 Å². The van der Waals surface area contributed by atoms with E-state index in [4.69, 9.17) is 27.9 Å². The highest BCUT2D eigenvalue weighted by Gasteiger charge is 2.12. The number of benzene rings is 1. The molecule has 3 aromatic rings. The Morgan fingerprint density at radius 1 is 1.20 bits per heavy atom. The molecule has 2 aromatic heterocycles. The third-order valence-corrected chi connectivity index (χ3v) is 3.98. The van der Waals surface area contributed by atoms with Crippen molar-refractivity contribution >= 4 is 44.8 Å². The summed E-state index contributed by atoms with van der Waals surface area (Å²) in [6.45, 7) is 1.95. The number of aryl methyl sites for hydroxylation is 1. The van der Waals surface area contributed by atoms with E-state index in [0.29, 0.717) is 11.6 Å². The normalized spacial score (nSPS) is 11.0. The maximum absolute atomic E-state index is 13.4. The van der Waals surface area contributed by atoms with Crippen LogP contribution in [0.3, 0.4) is 0 Å². The SMILES string of the molecule is Cc1cc2c(Oc3ccc(Cl)c(F)c3)nc(Cl)nc2s1. The van der Waals surface area contributed by atoms with Gasteiger partial charge < -0.3 is 4.74 Å². The quantitative estimate of drug-likeness (QED) is 0.603. The zero-order chi connectivity index (χ0) is 14.3. The first kappa shape index (κ1) is 13.5. The third kappa shape index (κ3) is 2.57. The molecular formula is C13H7Cl2FN2OS. The largest absolute Gasteiger partial charge is 0.438 e. The molecule has 0 fully saturated rings. The van der Waals surface area contributed by atoms with Crippen molar-refractivity contribution in [2.45, 2.75) is 6.92 Å². The summed E-state index contributed by atoms with van der Waals surface area (Å²) in [5.41, 5.74) is 0. The van der Waals surface area contributed by atoms with E-state index in [1.54, 1.807) is 6.07 Å². The standard InChI is InChI=1S/C13H7Cl2FN2OS/c1-6-4-8-11(17-13(15)18-12(8)20-6)19-7-2-3-9(14)10(16)5-7/h2-5H,1H3. The molecule has 0 saturated carbocycles. The van der Waals surface area contributed by atoms with Crippen LogP contribution in [0.5, 0.6) is 11.6 Å². The van der Waals surface area contributed by atoms with Crippen LogP contribution in [-0.2, 0) is 0 Å². The number of hydrogen-bond acceptors (Lipinski definition) is 4. The van der Waals surface area contributed by atoms with E-state index >= 15 is 0 Å². The first-order valence-corrected chi connectivity index (χ1v) is 7.17. The van der Waals surface area contributed by atoms with Gasteiger partial charge in [-0.25, -0.2) is 9.37 Å². The number of halogens is 3. The van der Waals surface area contributed by atoms with Crippen LogP contribution in [0.15, 0.2) is 24.3 Å². The highest BCUT2D eigenvalue weighted by molar-refractivity contribution is 7.18. The number of nitrogens with zero attached hydrogens (tertiary/aromatic N) is 2. The van der Waals surface area contributed by atoms with Gasteiger partial charge in [0.05, 0.1) is 10.4 Å². The van der Waals surface area contributed by atoms with Crippen LogP contribution >= 0.6 is 34.5 Å². The van der Waals surface area contributed by atoms with Gasteiger partial charge in [-0.3, -0.25) is 0 Å². The van der Waals surface area contributed by atoms with E-state index in [1.807, 2.05) is 13.0 Å². The predicted molar refractivity (Wildman–Crippen MR) is 78.6 cm³/mol. The molecule has 0 spiro atoms. The number of aromatic nitrogens is 2. The lowest BCUT2D eigenvalue weighted by atomic mass is 10.3. The van der Waals surface area contributed by atoms with Gasteiger partial charge in [0.1, 0.15) is 16.4 Å². The number of fused-ring (bicyclic) bond motifs is 1. The molecule has 1 aromatic carbocycles. The fourth-order valence-corrected chi connectivity index (χ4v) is 2.92. The van der Waals surface area contributed by atoms with Gasteiger partial charge in [0.2, 0.25) is 11.2 Å². The molecule has 102 valence electrons. The Morgan fingerprint density at radius 3 is 2.75 bits per heavy atom. The predicted octanol–water partition coefficient (Wildman–Crippen LogP) is 5.24. The van der Waals surface area contributed by atoms with E-state index in [2.05, 4.69) is 9.97 Å². The molecule has 20 heavy (non-hydrogen) atoms. The van der Waals surface area contributed by atoms with Gasteiger partial charge in [-0.1, -0.05) is 11.6 Å². The van der Waals surface area contributed by atoms with Gasteiger partial charge in [-0.15, -0.1) is 11.3 Å². The molecule has 0 saturated heterocycles. The lowest BCUT2D eigenvalue weighted by molar-refractivity contribution is 0.463. The van der Waals surface area contributed by atoms with Crippen molar-refractivity contribution in [1.82, 2.24) is 9.97 Å². The Balaban J connectivity index is 2.07. The molecule has 3 rings (SSSR count). The van der Waals surface area contributed by atoms with Gasteiger partial charge >= 0.3 is 0 Å². The van der Waals surface area contributed by atoms with Crippen molar-refractivity contribution in [2.24, 2.45) is 0 Å². The zero-order valence-electron chi connectivity index (χ0n) is 10.2. The number of ether oxygens (including phenoxy) is 1. The Bertz CT molecular complexity index is 806. The van der Waals surface area contributed by atoms with Gasteiger partial charge in [-0.2, -0.15) is 4.98 Å². The molecule has 0 radical (unpaired) electrons. The fraction of sp³-hybridized carbons (Fsp3) is 0.0769. The van der Waals surface area contributed by atoms with Gasteiger partial charge in [0.25, 0.3) is 0 Å². The minimum Gasteiger partial charge on any atom is -0.438 e. The molecule has 0 aliphatic heterocycles. The summed E-state index contributed by atoms with van der Waals surface area (Å²) < 4.78 is 19.0. The van der Waals surface area contributed by atoms with E-state index in [-0.39, 0.29) is 10.3 Å². The molecule has 0 unspecified atom stereocenters. The van der Waals surface area contributed by atoms with Crippen LogP contribution < -0.4 is 4.74 Å². The zero-order valence-corrected chi connectivity index (χ0v) is 12.5. The minimum absolute atomic E-state index is 0.0367. The maximum atomic E-state index is 13.4. The highest BCUT2D eigenvalue weighted by Crippen LogP contribution is 2.34. The smallest absolute Gasteiger partial charge is 0.232 e. The number of rotatable bonds is 2. The molecule has 0 N–H and O–H groups in total. The molecule has 7 heteroatoms. The Labute approximate surface area is 128 Å². The van der Waals surface area contributed by atoms with Crippen LogP contribution in [-0.4, -0.2) is 9.97 Å². The van der Waals surface area contributed by atoms with Crippen molar-refractivity contribution < 1.29 is 9.13 Å². The molecule has 0 amide bonds. The average Bonchev–Trinajstić information content (AvgIpc) is 2.74. The minimum atomic E-state index is -0.554. The van der Waals surface area contributed by atoms with Crippen LogP contribution in [0.1, 0.15) is 4.88 Å². The monoisotopic (exact) mass is 328 g/mol. The highest BCUT2D eigenvalue weighted by atomic mass is 35.5. The second-order valence-corrected chi connectivity index (χ2v) is 6.03. The lowest BCUT2D eigenvalue weighted by Crippen LogP contribution is -1.92. The summed E-state index contributed by atoms with van der Waals surface area (Å²) in [5.74, 6) is 0.0416. The van der Waals surface area contributed by atoms with Crippen molar-refractivity contribution in [3.63, 3.8) is 0 Å². The van der Waals surface area contributed by atoms with Crippen molar-refractivity contribution in [2.75, 3.05) is 0 Å². The van der Waals surface area contributed by atoms with Crippen molar-refractivity contribution in [3.05, 3.63) is 45.3 Å². The topological polar surface area (TPSA) is 35.0 Å². The van der Waals surface area contributed by atoms with Gasteiger partial charge in [0, 0.05) is 10.9 Å². The fourth-order valence-electron chi connectivity index (χ4n) is 1.72. The van der Waals surface area contributed by atoms with Crippen molar-refractivity contribution in [3.8, 4) is 11.6 Å². The van der Waals surface area contributed by atoms with Crippen molar-refractivity contribution in [1.29, 1.82) is 0 Å². The van der Waals surface area contributed by atoms with Gasteiger partial charge in [0.15, 0.2) is 0 Å². The summed E-state index contributed by atoms with van der Waals surface area (Å²) in [6, 6.07) is 6.08. The van der Waals surface area contributed by atoms with E-state index in [0.717, 1.165) is 15.1 Å². The van der Waals surface area contributed by atoms with Crippen LogP contribution in [0.2, 0.25) is 10.3 Å². The first-order valence-electron chi connectivity index (χ1n) is 5.59. The molecule has 3 nitrogen and oxygen atoms in total. The third-order valence-electron chi connectivity index (χ3n) is 2.56. The first-order chi connectivity index (χ1) is 9.52. The summed E-state index contributed by atoms with van der Waals surface area (Å²) in [7, 11) is 0. The number of thiophene rings is 1. The Hall–Kier alpha value is -1.43. The second kappa shape index (κ2) is 5.16. The van der Waals surface area contributed by atoms with Gasteiger partial charge in [-0.05, 0) is 36.7 Å². The molecule has 0 bridgehead atoms. The summed E-state index contributed by atoms with van der Waals surface area (Å²) in [4.78, 5) is 9.96. The van der Waals surface area contributed by atoms with Crippen LogP contribution in [0, 0.1) is 12.7 Å². The Kier molecular flexibility index (Phi) is 3.50. The summed E-state index contributed by atoms with van der Waals surface area (Å²) >= 11 is 13.0. The number of hydrogen-bond donors (Lipinski definition) is 0. The molecule has 0 aliphatic carbocycles. The molecular weight excluding hydrogens is 322 g/mol. The summed E-state index contributed by atoms with van der Waals surface area (Å²) in [5, 5.41) is 0.866. The summed E-state index contributed by atoms with van der Waals surface area (Å²) in [6.07, 6.45) is 0. The van der Waals surface area contributed by atoms with Crippen LogP contribution in [0.25, 0.3) is 10.2 Å². The molecule has 0 aliphatic rings. The van der Waals surface area contributed by atoms with Crippen LogP contribution in [0.4, 0.5) is 4.39 Å². The molecule has 2 heterocycles. The average molecular weight is 329 g/mol. The second-order valence-electron chi connectivity index (χ2n) is 4.05. The maximum Gasteiger partial charge on any atom is 0.232 e. The Morgan fingerprint density at radius 2 is 2.00 bits per heavy atom. The lowest BCUT2D eigenvalue weighted by Gasteiger charge is -2.06. The van der Waals surface area contributed by atoms with E-state index in [1.165, 1.54) is 23.5 Å². The van der Waals surface area contributed by atoms with E-state index in [9.17, 15) is 4.39 Å². The molecule has 0 atom stereocenters.